The van der Waals surface area contributed by atoms with Gasteiger partial charge in [-0.15, -0.1) is 0 Å². The maximum absolute atomic E-state index is 9.36. The average Bonchev–Trinajstić information content (AvgIpc) is 3.60. The van der Waals surface area contributed by atoms with Crippen LogP contribution in [0.5, 0.6) is 11.5 Å². The Morgan fingerprint density at radius 3 is 1.34 bits per heavy atom. The molecule has 58 heavy (non-hydrogen) atoms. The van der Waals surface area contributed by atoms with Crippen molar-refractivity contribution in [1.82, 2.24) is 15.0 Å². The number of ether oxygens (including phenoxy) is 1. The van der Waals surface area contributed by atoms with Gasteiger partial charge in [-0.1, -0.05) is 170 Å². The third-order valence-electron chi connectivity index (χ3n) is 11.5. The highest BCUT2D eigenvalue weighted by Gasteiger charge is 2.52. The summed E-state index contributed by atoms with van der Waals surface area (Å²) in [6.45, 7) is 0. The summed E-state index contributed by atoms with van der Waals surface area (Å²) in [6.07, 6.45) is 0. The van der Waals surface area contributed by atoms with Crippen molar-refractivity contribution >= 4 is 0 Å². The molecule has 270 valence electrons. The smallest absolute Gasteiger partial charge is 0.164 e. The standard InChI is InChI=1S/C53H32N4O/c54-33-34-25-27-35(28-26-34)36-29-31-37(32-30-36)40-17-11-21-44-48(40)49-41(52-56-50(38-13-3-1-4-14-38)55-51(57-52)39-15-5-2-6-16-39)18-12-22-45(49)53(44)42-19-7-9-23-46(42)58-47-24-10-8-20-43(47)53/h1-32H. The van der Waals surface area contributed by atoms with Crippen molar-refractivity contribution in [3.05, 3.63) is 222 Å². The van der Waals surface area contributed by atoms with E-state index in [2.05, 4.69) is 103 Å². The molecule has 2 aliphatic rings. The quantitative estimate of drug-likeness (QED) is 0.176. The summed E-state index contributed by atoms with van der Waals surface area (Å²) >= 11 is 0. The normalized spacial score (nSPS) is 12.7. The van der Waals surface area contributed by atoms with Crippen LogP contribution in [0.3, 0.4) is 0 Å². The maximum atomic E-state index is 9.36. The molecule has 0 atom stereocenters. The highest BCUT2D eigenvalue weighted by molar-refractivity contribution is 6.02. The van der Waals surface area contributed by atoms with Gasteiger partial charge >= 0.3 is 0 Å². The molecule has 0 N–H and O–H groups in total. The summed E-state index contributed by atoms with van der Waals surface area (Å²) < 4.78 is 6.67. The summed E-state index contributed by atoms with van der Waals surface area (Å²) in [5.74, 6) is 3.50. The molecule has 0 unspecified atom stereocenters. The summed E-state index contributed by atoms with van der Waals surface area (Å²) in [4.78, 5) is 15.6. The molecule has 1 aliphatic carbocycles. The van der Waals surface area contributed by atoms with E-state index in [1.54, 1.807) is 0 Å². The van der Waals surface area contributed by atoms with Gasteiger partial charge in [0, 0.05) is 27.8 Å². The Hall–Kier alpha value is -7.94. The van der Waals surface area contributed by atoms with E-state index in [1.165, 1.54) is 5.56 Å². The molecule has 9 aromatic rings. The van der Waals surface area contributed by atoms with Crippen LogP contribution in [0.2, 0.25) is 0 Å². The Morgan fingerprint density at radius 2 is 0.793 bits per heavy atom. The Kier molecular flexibility index (Phi) is 7.70. The van der Waals surface area contributed by atoms with Gasteiger partial charge in [0.2, 0.25) is 0 Å². The van der Waals surface area contributed by atoms with E-state index in [0.717, 1.165) is 78.3 Å². The predicted octanol–water partition coefficient (Wildman–Crippen LogP) is 12.5. The van der Waals surface area contributed by atoms with E-state index in [0.29, 0.717) is 23.0 Å². The van der Waals surface area contributed by atoms with E-state index in [1.807, 2.05) is 97.1 Å². The van der Waals surface area contributed by atoms with Crippen molar-refractivity contribution in [2.45, 2.75) is 5.41 Å². The van der Waals surface area contributed by atoms with E-state index in [4.69, 9.17) is 19.7 Å². The van der Waals surface area contributed by atoms with Gasteiger partial charge in [-0.3, -0.25) is 0 Å². The zero-order valence-electron chi connectivity index (χ0n) is 31.2. The van der Waals surface area contributed by atoms with Crippen LogP contribution in [-0.4, -0.2) is 15.0 Å². The van der Waals surface area contributed by atoms with Gasteiger partial charge in [-0.2, -0.15) is 5.26 Å². The molecule has 1 aromatic heterocycles. The van der Waals surface area contributed by atoms with Crippen LogP contribution in [0, 0.1) is 11.3 Å². The van der Waals surface area contributed by atoms with Gasteiger partial charge < -0.3 is 4.74 Å². The van der Waals surface area contributed by atoms with Gasteiger partial charge in [0.15, 0.2) is 17.5 Å². The van der Waals surface area contributed by atoms with Crippen LogP contribution in [-0.2, 0) is 5.41 Å². The lowest BCUT2D eigenvalue weighted by atomic mass is 9.66. The highest BCUT2D eigenvalue weighted by Crippen LogP contribution is 2.64. The van der Waals surface area contributed by atoms with Crippen LogP contribution < -0.4 is 4.74 Å². The largest absolute Gasteiger partial charge is 0.457 e. The van der Waals surface area contributed by atoms with Gasteiger partial charge in [-0.05, 0) is 68.8 Å². The average molecular weight is 741 g/mol. The third-order valence-corrected chi connectivity index (χ3v) is 11.5. The molecule has 1 aliphatic heterocycles. The van der Waals surface area contributed by atoms with Crippen LogP contribution in [0.15, 0.2) is 194 Å². The molecule has 11 rings (SSSR count). The molecule has 0 bridgehead atoms. The number of nitriles is 1. The maximum Gasteiger partial charge on any atom is 0.164 e. The van der Waals surface area contributed by atoms with Crippen LogP contribution in [0.1, 0.15) is 27.8 Å². The van der Waals surface area contributed by atoms with Crippen LogP contribution in [0.4, 0.5) is 0 Å². The molecule has 0 radical (unpaired) electrons. The van der Waals surface area contributed by atoms with E-state index in [-0.39, 0.29) is 0 Å². The number of rotatable bonds is 5. The van der Waals surface area contributed by atoms with E-state index >= 15 is 0 Å². The molecular formula is C53H32N4O. The summed E-state index contributed by atoms with van der Waals surface area (Å²) in [7, 11) is 0. The fraction of sp³-hybridized carbons (Fsp3) is 0.0189. The molecule has 2 heterocycles. The van der Waals surface area contributed by atoms with Crippen molar-refractivity contribution in [2.75, 3.05) is 0 Å². The van der Waals surface area contributed by atoms with Crippen molar-refractivity contribution < 1.29 is 4.74 Å². The molecule has 1 spiro atoms. The number of hydrogen-bond acceptors (Lipinski definition) is 5. The minimum absolute atomic E-state index is 0.604. The minimum atomic E-state index is -0.692. The molecule has 0 fully saturated rings. The van der Waals surface area contributed by atoms with Gasteiger partial charge in [0.25, 0.3) is 0 Å². The second kappa shape index (κ2) is 13.4. The van der Waals surface area contributed by atoms with E-state index in [9.17, 15) is 5.26 Å². The molecule has 5 heteroatoms. The number of nitrogens with zero attached hydrogens (tertiary/aromatic N) is 4. The predicted molar refractivity (Wildman–Crippen MR) is 229 cm³/mol. The third kappa shape index (κ3) is 5.13. The van der Waals surface area contributed by atoms with Gasteiger partial charge in [-0.25, -0.2) is 15.0 Å². The fourth-order valence-corrected chi connectivity index (χ4v) is 8.92. The van der Waals surface area contributed by atoms with Gasteiger partial charge in [0.05, 0.1) is 17.0 Å². The van der Waals surface area contributed by atoms with Crippen molar-refractivity contribution in [3.8, 4) is 85.1 Å². The molecular weight excluding hydrogens is 709 g/mol. The lowest BCUT2D eigenvalue weighted by molar-refractivity contribution is 0.436. The van der Waals surface area contributed by atoms with Crippen LogP contribution >= 0.6 is 0 Å². The monoisotopic (exact) mass is 740 g/mol. The van der Waals surface area contributed by atoms with Crippen molar-refractivity contribution in [3.63, 3.8) is 0 Å². The second-order valence-electron chi connectivity index (χ2n) is 14.6. The first kappa shape index (κ1) is 33.4. The first-order valence-electron chi connectivity index (χ1n) is 19.3. The molecule has 0 saturated carbocycles. The first-order valence-corrected chi connectivity index (χ1v) is 19.3. The van der Waals surface area contributed by atoms with Crippen LogP contribution in [0.25, 0.3) is 67.5 Å². The van der Waals surface area contributed by atoms with Gasteiger partial charge in [0.1, 0.15) is 11.5 Å². The Labute approximate surface area is 336 Å². The summed E-state index contributed by atoms with van der Waals surface area (Å²) in [5, 5.41) is 9.36. The number of benzene rings is 8. The zero-order chi connectivity index (χ0) is 38.6. The minimum Gasteiger partial charge on any atom is -0.457 e. The van der Waals surface area contributed by atoms with Crippen molar-refractivity contribution in [2.24, 2.45) is 0 Å². The number of para-hydroxylation sites is 2. The SMILES string of the molecule is N#Cc1ccc(-c2ccc(-c3cccc4c3-c3c(-c5nc(-c6ccccc6)nc(-c6ccccc6)n5)cccc3C43c4ccccc4Oc4ccccc43)cc2)cc1. The highest BCUT2D eigenvalue weighted by atomic mass is 16.5. The molecule has 0 amide bonds. The Bertz CT molecular complexity index is 2980. The first-order chi connectivity index (χ1) is 28.7. The molecule has 0 saturated heterocycles. The number of hydrogen-bond donors (Lipinski definition) is 0. The molecule has 5 nitrogen and oxygen atoms in total. The number of aromatic nitrogens is 3. The molecule has 8 aromatic carbocycles. The lowest BCUT2D eigenvalue weighted by Crippen LogP contribution is -2.32. The second-order valence-corrected chi connectivity index (χ2v) is 14.6. The Balaban J connectivity index is 1.21. The zero-order valence-corrected chi connectivity index (χ0v) is 31.2. The number of fused-ring (bicyclic) bond motifs is 9. The van der Waals surface area contributed by atoms with Crippen molar-refractivity contribution in [1.29, 1.82) is 5.26 Å². The fourth-order valence-electron chi connectivity index (χ4n) is 8.92. The topological polar surface area (TPSA) is 71.7 Å². The Morgan fingerprint density at radius 1 is 0.362 bits per heavy atom. The van der Waals surface area contributed by atoms with E-state index < -0.39 is 5.41 Å². The summed E-state index contributed by atoms with van der Waals surface area (Å²) in [5.41, 5.74) is 13.8. The summed E-state index contributed by atoms with van der Waals surface area (Å²) in [6, 6.07) is 69.1. The lowest BCUT2D eigenvalue weighted by Gasteiger charge is -2.39.